The third-order valence-corrected chi connectivity index (χ3v) is 7.99. The normalized spacial score (nSPS) is 15.7. The standard InChI is InChI=1S/C15H32N2O6SSi/c1-5-13-24(18,19)23-17-12-11-16-15(17)10-9-14-25(20-6-2,21-7-3)22-8-4/h5-14H2,1-4H3. The molecule has 1 rings (SSSR count). The fraction of sp³-hybridized carbons (Fsp3) is 0.933. The second-order valence-corrected chi connectivity index (χ2v) is 9.98. The number of rotatable bonds is 14. The van der Waals surface area contributed by atoms with Crippen molar-refractivity contribution in [1.29, 1.82) is 0 Å². The maximum Gasteiger partial charge on any atom is 0.500 e. The van der Waals surface area contributed by atoms with E-state index in [1.54, 1.807) is 6.92 Å². The Morgan fingerprint density at radius 1 is 1.08 bits per heavy atom. The summed E-state index contributed by atoms with van der Waals surface area (Å²) in [5.74, 6) is 0.665. The van der Waals surface area contributed by atoms with Crippen LogP contribution in [0.5, 0.6) is 0 Å². The first-order valence-electron chi connectivity index (χ1n) is 9.06. The van der Waals surface area contributed by atoms with Crippen LogP contribution in [0.25, 0.3) is 0 Å². The maximum absolute atomic E-state index is 11.8. The molecule has 0 aromatic heterocycles. The molecule has 148 valence electrons. The number of amidine groups is 1. The van der Waals surface area contributed by atoms with Crippen LogP contribution in [0.3, 0.4) is 0 Å². The van der Waals surface area contributed by atoms with Crippen LogP contribution in [-0.2, 0) is 27.7 Å². The van der Waals surface area contributed by atoms with Crippen LogP contribution in [0.15, 0.2) is 4.99 Å². The Morgan fingerprint density at radius 2 is 1.68 bits per heavy atom. The van der Waals surface area contributed by atoms with E-state index in [-0.39, 0.29) is 5.75 Å². The van der Waals surface area contributed by atoms with Gasteiger partial charge in [-0.1, -0.05) is 6.92 Å². The van der Waals surface area contributed by atoms with Crippen molar-refractivity contribution in [3.8, 4) is 0 Å². The zero-order valence-corrected chi connectivity index (χ0v) is 17.6. The SMILES string of the molecule is CCCS(=O)(=O)ON1CCN=C1CCC[Si](OCC)(OCC)OCC. The van der Waals surface area contributed by atoms with Gasteiger partial charge in [0.05, 0.1) is 18.8 Å². The first kappa shape index (κ1) is 22.5. The highest BCUT2D eigenvalue weighted by molar-refractivity contribution is 7.86. The fourth-order valence-corrected chi connectivity index (χ4v) is 6.27. The Balaban J connectivity index is 2.59. The molecule has 0 saturated heterocycles. The average molecular weight is 397 g/mol. The first-order valence-corrected chi connectivity index (χ1v) is 12.6. The van der Waals surface area contributed by atoms with E-state index in [9.17, 15) is 8.42 Å². The summed E-state index contributed by atoms with van der Waals surface area (Å²) in [6.45, 7) is 10.2. The summed E-state index contributed by atoms with van der Waals surface area (Å²) in [6, 6.07) is 0.664. The zero-order valence-electron chi connectivity index (χ0n) is 15.8. The molecule has 0 radical (unpaired) electrons. The van der Waals surface area contributed by atoms with E-state index in [1.165, 1.54) is 5.06 Å². The molecule has 0 aromatic rings. The van der Waals surface area contributed by atoms with Gasteiger partial charge >= 0.3 is 8.80 Å². The zero-order chi connectivity index (χ0) is 18.8. The topological polar surface area (TPSA) is 86.7 Å². The lowest BCUT2D eigenvalue weighted by Crippen LogP contribution is -2.46. The average Bonchev–Trinajstić information content (AvgIpc) is 2.94. The molecule has 0 amide bonds. The van der Waals surface area contributed by atoms with E-state index in [0.717, 1.165) is 6.42 Å². The summed E-state index contributed by atoms with van der Waals surface area (Å²) < 4.78 is 46.4. The van der Waals surface area contributed by atoms with Crippen LogP contribution in [0.2, 0.25) is 6.04 Å². The lowest BCUT2D eigenvalue weighted by atomic mass is 10.3. The van der Waals surface area contributed by atoms with Crippen LogP contribution >= 0.6 is 0 Å². The van der Waals surface area contributed by atoms with Crippen molar-refractivity contribution in [3.63, 3.8) is 0 Å². The monoisotopic (exact) mass is 396 g/mol. The Hall–Kier alpha value is -0.523. The van der Waals surface area contributed by atoms with Crippen molar-refractivity contribution >= 4 is 24.8 Å². The summed E-state index contributed by atoms with van der Waals surface area (Å²) in [5.41, 5.74) is 0. The van der Waals surface area contributed by atoms with Gasteiger partial charge in [0.2, 0.25) is 0 Å². The minimum absolute atomic E-state index is 0.00578. The molecule has 0 atom stereocenters. The summed E-state index contributed by atoms with van der Waals surface area (Å²) in [4.78, 5) is 4.37. The Bertz CT molecular complexity index is 497. The van der Waals surface area contributed by atoms with Crippen molar-refractivity contribution < 1.29 is 26.0 Å². The summed E-state index contributed by atoms with van der Waals surface area (Å²) in [5, 5.41) is 1.40. The Labute approximate surface area is 152 Å². The van der Waals surface area contributed by atoms with Crippen molar-refractivity contribution in [1.82, 2.24) is 5.06 Å². The third-order valence-electron chi connectivity index (χ3n) is 3.52. The highest BCUT2D eigenvalue weighted by Gasteiger charge is 2.40. The van der Waals surface area contributed by atoms with Gasteiger partial charge in [0.25, 0.3) is 10.1 Å². The van der Waals surface area contributed by atoms with Crippen molar-refractivity contribution in [3.05, 3.63) is 0 Å². The molecular weight excluding hydrogens is 364 g/mol. The van der Waals surface area contributed by atoms with Gasteiger partial charge < -0.3 is 13.3 Å². The second kappa shape index (κ2) is 11.2. The lowest BCUT2D eigenvalue weighted by molar-refractivity contribution is 0.0370. The van der Waals surface area contributed by atoms with E-state index >= 15 is 0 Å². The Morgan fingerprint density at radius 3 is 2.20 bits per heavy atom. The molecule has 0 unspecified atom stereocenters. The van der Waals surface area contributed by atoms with Crippen LogP contribution in [0, 0.1) is 0 Å². The minimum Gasteiger partial charge on any atom is -0.374 e. The van der Waals surface area contributed by atoms with Gasteiger partial charge in [0.15, 0.2) is 0 Å². The molecule has 0 bridgehead atoms. The molecule has 0 aromatic carbocycles. The summed E-state index contributed by atoms with van der Waals surface area (Å²) in [6.07, 6.45) is 1.86. The molecule has 1 aliphatic rings. The first-order chi connectivity index (χ1) is 11.9. The van der Waals surface area contributed by atoms with Crippen molar-refractivity contribution in [2.45, 2.75) is 53.0 Å². The van der Waals surface area contributed by atoms with Gasteiger partial charge in [0, 0.05) is 32.3 Å². The highest BCUT2D eigenvalue weighted by Crippen LogP contribution is 2.21. The van der Waals surface area contributed by atoms with Gasteiger partial charge in [-0.3, -0.25) is 4.99 Å². The molecule has 1 heterocycles. The third kappa shape index (κ3) is 7.71. The molecule has 25 heavy (non-hydrogen) atoms. The lowest BCUT2D eigenvalue weighted by Gasteiger charge is -2.28. The second-order valence-electron chi connectivity index (χ2n) is 5.57. The predicted molar refractivity (Wildman–Crippen MR) is 98.8 cm³/mol. The number of hydroxylamine groups is 2. The van der Waals surface area contributed by atoms with Crippen molar-refractivity contribution in [2.75, 3.05) is 38.7 Å². The number of hydrogen-bond acceptors (Lipinski definition) is 8. The van der Waals surface area contributed by atoms with E-state index < -0.39 is 18.9 Å². The van der Waals surface area contributed by atoms with E-state index in [1.807, 2.05) is 20.8 Å². The molecule has 1 aliphatic heterocycles. The number of hydrogen-bond donors (Lipinski definition) is 0. The molecular formula is C15H32N2O6SSi. The van der Waals surface area contributed by atoms with E-state index in [2.05, 4.69) is 4.99 Å². The number of nitrogens with zero attached hydrogens (tertiary/aromatic N) is 2. The Kier molecular flexibility index (Phi) is 10.1. The predicted octanol–water partition coefficient (Wildman–Crippen LogP) is 2.20. The quantitative estimate of drug-likeness (QED) is 0.416. The van der Waals surface area contributed by atoms with Crippen molar-refractivity contribution in [2.24, 2.45) is 4.99 Å². The van der Waals surface area contributed by atoms with E-state index in [0.29, 0.717) is 57.6 Å². The minimum atomic E-state index is -3.55. The molecule has 0 saturated carbocycles. The maximum atomic E-state index is 11.8. The van der Waals surface area contributed by atoms with Gasteiger partial charge in [-0.25, -0.2) is 5.06 Å². The fourth-order valence-electron chi connectivity index (χ4n) is 2.65. The van der Waals surface area contributed by atoms with Crippen LogP contribution < -0.4 is 0 Å². The molecule has 0 N–H and O–H groups in total. The summed E-state index contributed by atoms with van der Waals surface area (Å²) in [7, 11) is -6.23. The largest absolute Gasteiger partial charge is 0.500 e. The molecule has 0 aliphatic carbocycles. The van der Waals surface area contributed by atoms with Gasteiger partial charge in [-0.2, -0.15) is 8.42 Å². The number of aliphatic imine (C=N–C) groups is 1. The molecule has 0 fully saturated rings. The van der Waals surface area contributed by atoms with Crippen LogP contribution in [0.4, 0.5) is 0 Å². The highest BCUT2D eigenvalue weighted by atomic mass is 32.2. The van der Waals surface area contributed by atoms with E-state index in [4.69, 9.17) is 17.6 Å². The smallest absolute Gasteiger partial charge is 0.374 e. The van der Waals surface area contributed by atoms with Gasteiger partial charge in [-0.05, 0) is 33.6 Å². The van der Waals surface area contributed by atoms with Gasteiger partial charge in [-0.15, -0.1) is 4.28 Å². The van der Waals surface area contributed by atoms with Gasteiger partial charge in [0.1, 0.15) is 5.84 Å². The van der Waals surface area contributed by atoms with Crippen LogP contribution in [0.1, 0.15) is 47.0 Å². The molecule has 0 spiro atoms. The van der Waals surface area contributed by atoms with Crippen LogP contribution in [-0.4, -0.2) is 66.8 Å². The summed E-state index contributed by atoms with van der Waals surface area (Å²) >= 11 is 0. The molecule has 10 heteroatoms. The molecule has 8 nitrogen and oxygen atoms in total.